The Hall–Kier alpha value is 0.900. The smallest absolute Gasteiger partial charge is 0.0610 e. The predicted octanol–water partition coefficient (Wildman–Crippen LogP) is 21.0. The summed E-state index contributed by atoms with van der Waals surface area (Å²) in [7, 11) is 0. The third-order valence-electron chi connectivity index (χ3n) is 24.3. The molecule has 0 aliphatic heterocycles. The topological polar surface area (TPSA) is 9.23 Å². The number of rotatable bonds is 24. The normalized spacial score (nSPS) is 41.2. The van der Waals surface area contributed by atoms with Crippen molar-refractivity contribution < 1.29 is 4.74 Å². The van der Waals surface area contributed by atoms with E-state index in [0.717, 1.165) is 71.0 Å². The SMILES string of the molecule is CC(C)CCC[C@@H](C)[C@H]1CCC2C3CC=C4C[C@@H](C(CCCCCI)OC(CCCCCI)[C@H]5CC[C@@]6(C)C(=CCC7C6CC[C@@]6(C)C7CC[C@@H]6[C@H](C)CCCC(C)C)C5)CC[C@]4(C)C3CC[C@@]21C. The molecule has 0 saturated heterocycles. The number of hydrogen-bond donors (Lipinski definition) is 0. The van der Waals surface area contributed by atoms with Gasteiger partial charge in [0.05, 0.1) is 12.2 Å². The summed E-state index contributed by atoms with van der Waals surface area (Å²) in [5.74, 6) is 12.4. The first kappa shape index (κ1) is 56.1. The van der Waals surface area contributed by atoms with Crippen LogP contribution in [-0.2, 0) is 4.74 Å². The van der Waals surface area contributed by atoms with E-state index in [-0.39, 0.29) is 0 Å². The van der Waals surface area contributed by atoms with Crippen molar-refractivity contribution >= 4 is 45.2 Å². The van der Waals surface area contributed by atoms with Crippen LogP contribution in [0.3, 0.4) is 0 Å². The molecule has 1 nitrogen and oxygen atoms in total. The lowest BCUT2D eigenvalue weighted by atomic mass is 9.46. The molecule has 0 spiro atoms. The summed E-state index contributed by atoms with van der Waals surface area (Å²) in [5.41, 5.74) is 5.80. The number of ether oxygens (including phenoxy) is 1. The van der Waals surface area contributed by atoms with Gasteiger partial charge in [-0.1, -0.05) is 202 Å². The van der Waals surface area contributed by atoms with Gasteiger partial charge in [0.1, 0.15) is 0 Å². The molecule has 8 aliphatic rings. The molecule has 396 valence electrons. The summed E-state index contributed by atoms with van der Waals surface area (Å²) in [6.45, 7) is 26.1. The van der Waals surface area contributed by atoms with Crippen molar-refractivity contribution in [3.63, 3.8) is 0 Å². The Morgan fingerprint density at radius 3 is 1.28 bits per heavy atom. The van der Waals surface area contributed by atoms with E-state index in [2.05, 4.69) is 127 Å². The van der Waals surface area contributed by atoms with Crippen LogP contribution in [0.5, 0.6) is 0 Å². The van der Waals surface area contributed by atoms with E-state index in [1.807, 2.05) is 11.1 Å². The van der Waals surface area contributed by atoms with E-state index < -0.39 is 0 Å². The summed E-state index contributed by atoms with van der Waals surface area (Å²) in [6, 6.07) is 0. The van der Waals surface area contributed by atoms with Crippen LogP contribution in [-0.4, -0.2) is 21.1 Å². The molecule has 0 radical (unpaired) electrons. The third-order valence-corrected chi connectivity index (χ3v) is 25.9. The van der Waals surface area contributed by atoms with E-state index >= 15 is 0 Å². The van der Waals surface area contributed by atoms with Gasteiger partial charge in [0, 0.05) is 0 Å². The Kier molecular flexibility index (Phi) is 19.9. The molecule has 0 N–H and O–H groups in total. The average molecular weight is 1180 g/mol. The first-order valence-electron chi connectivity index (χ1n) is 31.2. The van der Waals surface area contributed by atoms with Gasteiger partial charge < -0.3 is 4.74 Å². The number of unbranched alkanes of at least 4 members (excludes halogenated alkanes) is 4. The summed E-state index contributed by atoms with van der Waals surface area (Å²) >= 11 is 5.23. The highest BCUT2D eigenvalue weighted by Crippen LogP contribution is 2.70. The molecular formula is C66H112I2O. The van der Waals surface area contributed by atoms with Gasteiger partial charge in [-0.3, -0.25) is 0 Å². The number of hydrogen-bond acceptors (Lipinski definition) is 1. The maximum atomic E-state index is 7.96. The van der Waals surface area contributed by atoms with Crippen molar-refractivity contribution in [2.24, 2.45) is 105 Å². The summed E-state index contributed by atoms with van der Waals surface area (Å²) in [4.78, 5) is 0. The molecule has 8 unspecified atom stereocenters. The van der Waals surface area contributed by atoms with E-state index in [9.17, 15) is 0 Å². The Balaban J connectivity index is 0.953. The second kappa shape index (κ2) is 24.5. The Morgan fingerprint density at radius 2 is 0.884 bits per heavy atom. The van der Waals surface area contributed by atoms with Crippen LogP contribution >= 0.6 is 45.2 Å². The largest absolute Gasteiger partial charge is 0.374 e. The minimum absolute atomic E-state index is 0.424. The fraction of sp³-hybridized carbons (Fsp3) is 0.939. The monoisotopic (exact) mass is 1170 g/mol. The number of allylic oxidation sites excluding steroid dienone is 4. The van der Waals surface area contributed by atoms with Gasteiger partial charge in [0.15, 0.2) is 0 Å². The highest BCUT2D eigenvalue weighted by Gasteiger charge is 2.61. The lowest BCUT2D eigenvalue weighted by Gasteiger charge is -2.59. The summed E-state index contributed by atoms with van der Waals surface area (Å²) < 4.78 is 10.6. The minimum atomic E-state index is 0.424. The first-order valence-corrected chi connectivity index (χ1v) is 34.3. The summed E-state index contributed by atoms with van der Waals surface area (Å²) in [5, 5.41) is 0. The van der Waals surface area contributed by atoms with Crippen molar-refractivity contribution in [2.45, 2.75) is 274 Å². The van der Waals surface area contributed by atoms with Crippen LogP contribution < -0.4 is 0 Å². The van der Waals surface area contributed by atoms with E-state index in [1.165, 1.54) is 201 Å². The quantitative estimate of drug-likeness (QED) is 0.0405. The highest BCUT2D eigenvalue weighted by molar-refractivity contribution is 14.1. The first-order chi connectivity index (χ1) is 33.1. The van der Waals surface area contributed by atoms with Gasteiger partial charge in [-0.2, -0.15) is 0 Å². The summed E-state index contributed by atoms with van der Waals surface area (Å²) in [6.07, 6.45) is 49.3. The number of alkyl halides is 2. The average Bonchev–Trinajstić information content (AvgIpc) is 3.87. The van der Waals surface area contributed by atoms with Gasteiger partial charge in [-0.05, 0) is 242 Å². The van der Waals surface area contributed by atoms with Crippen LogP contribution in [0.2, 0.25) is 0 Å². The van der Waals surface area contributed by atoms with E-state index in [4.69, 9.17) is 4.74 Å². The zero-order chi connectivity index (χ0) is 49.1. The fourth-order valence-corrected chi connectivity index (χ4v) is 21.4. The third kappa shape index (κ3) is 11.9. The molecule has 0 amide bonds. The van der Waals surface area contributed by atoms with Crippen molar-refractivity contribution in [3.05, 3.63) is 23.3 Å². The molecule has 0 aromatic rings. The van der Waals surface area contributed by atoms with Gasteiger partial charge in [0.25, 0.3) is 0 Å². The second-order valence-corrected chi connectivity index (χ2v) is 31.0. The van der Waals surface area contributed by atoms with Gasteiger partial charge in [-0.15, -0.1) is 0 Å². The van der Waals surface area contributed by atoms with Crippen LogP contribution in [0.15, 0.2) is 23.3 Å². The Labute approximate surface area is 457 Å². The van der Waals surface area contributed by atoms with E-state index in [1.54, 1.807) is 0 Å². The Bertz CT molecular complexity index is 1560. The van der Waals surface area contributed by atoms with Crippen molar-refractivity contribution in [1.82, 2.24) is 0 Å². The number of halogens is 2. The van der Waals surface area contributed by atoms with Crippen LogP contribution in [0, 0.1) is 105 Å². The molecule has 0 aromatic carbocycles. The van der Waals surface area contributed by atoms with Crippen LogP contribution in [0.25, 0.3) is 0 Å². The molecule has 8 aliphatic carbocycles. The van der Waals surface area contributed by atoms with Crippen LogP contribution in [0.4, 0.5) is 0 Å². The molecule has 0 heterocycles. The predicted molar refractivity (Wildman–Crippen MR) is 316 cm³/mol. The van der Waals surface area contributed by atoms with Gasteiger partial charge in [0.2, 0.25) is 0 Å². The lowest BCUT2D eigenvalue weighted by Crippen LogP contribution is -2.51. The van der Waals surface area contributed by atoms with Crippen LogP contribution in [0.1, 0.15) is 262 Å². The van der Waals surface area contributed by atoms with Gasteiger partial charge in [-0.25, -0.2) is 0 Å². The fourth-order valence-electron chi connectivity index (χ4n) is 20.3. The standard InChI is InChI=1S/C66H112I2O/c1-45(2)19-17-21-47(5)55-29-31-57-53-27-25-51-43-49(33-37-63(51,7)59(53)35-39-65(55,57)9)61(23-13-11-15-41-67)69-62(24-14-12-16-42-68)50-34-38-64(8)52(44-50)26-28-54-58-32-30-56(48(6)22-18-20-46(3)4)66(58,10)40-36-60(54)64/h25-26,45-50,53-62H,11-24,27-44H2,1-10H3/t47-,48-,49+,50+,53?,54?,55-,56-,57?,58?,59?,60?,61?,62?,63+,64+,65-,66-/m1/s1. The maximum absolute atomic E-state index is 7.96. The molecule has 0 aromatic heterocycles. The van der Waals surface area contributed by atoms with Crippen molar-refractivity contribution in [1.29, 1.82) is 0 Å². The maximum Gasteiger partial charge on any atom is 0.0610 e. The number of fused-ring (bicyclic) bond motifs is 10. The second-order valence-electron chi connectivity index (χ2n) is 28.9. The molecular weight excluding hydrogens is 1060 g/mol. The molecule has 0 bridgehead atoms. The molecule has 8 rings (SSSR count). The minimum Gasteiger partial charge on any atom is -0.374 e. The molecule has 6 fully saturated rings. The zero-order valence-electron chi connectivity index (χ0n) is 47.2. The lowest BCUT2D eigenvalue weighted by molar-refractivity contribution is -0.104. The van der Waals surface area contributed by atoms with Gasteiger partial charge >= 0.3 is 0 Å². The van der Waals surface area contributed by atoms with E-state index in [0.29, 0.717) is 45.7 Å². The molecule has 18 atom stereocenters. The van der Waals surface area contributed by atoms with Crippen molar-refractivity contribution in [3.8, 4) is 0 Å². The Morgan fingerprint density at radius 1 is 0.464 bits per heavy atom. The highest BCUT2D eigenvalue weighted by atomic mass is 127. The molecule has 3 heteroatoms. The molecule has 69 heavy (non-hydrogen) atoms. The van der Waals surface area contributed by atoms with Crippen molar-refractivity contribution in [2.75, 3.05) is 8.86 Å². The molecule has 6 saturated carbocycles. The zero-order valence-corrected chi connectivity index (χ0v) is 51.5.